The second kappa shape index (κ2) is 4.70. The number of carbonyl (C=O) groups is 1. The molecule has 2 rings (SSSR count). The first-order valence-corrected chi connectivity index (χ1v) is 6.15. The van der Waals surface area contributed by atoms with Gasteiger partial charge in [-0.3, -0.25) is 4.79 Å². The van der Waals surface area contributed by atoms with Crippen LogP contribution in [0.4, 0.5) is 0 Å². The van der Waals surface area contributed by atoms with Crippen LogP contribution in [0.3, 0.4) is 0 Å². The van der Waals surface area contributed by atoms with Gasteiger partial charge in [-0.1, -0.05) is 32.0 Å². The summed E-state index contributed by atoms with van der Waals surface area (Å²) in [5, 5.41) is 3.91. The minimum absolute atomic E-state index is 0.0162. The van der Waals surface area contributed by atoms with E-state index in [1.807, 2.05) is 30.3 Å². The van der Waals surface area contributed by atoms with Crippen LogP contribution in [0.2, 0.25) is 0 Å². The van der Waals surface area contributed by atoms with E-state index in [0.29, 0.717) is 5.92 Å². The van der Waals surface area contributed by atoms with Gasteiger partial charge in [-0.25, -0.2) is 5.43 Å². The van der Waals surface area contributed by atoms with Crippen molar-refractivity contribution in [1.29, 1.82) is 0 Å². The molecule has 1 atom stereocenters. The lowest BCUT2D eigenvalue weighted by Crippen LogP contribution is -2.28. The minimum atomic E-state index is -0.178. The summed E-state index contributed by atoms with van der Waals surface area (Å²) in [6.07, 6.45) is 0. The lowest BCUT2D eigenvalue weighted by Gasteiger charge is -2.12. The zero-order valence-electron chi connectivity index (χ0n) is 9.31. The molecule has 0 spiro atoms. The number of carbonyl (C=O) groups excluding carboxylic acids is 1. The third kappa shape index (κ3) is 2.27. The highest BCUT2D eigenvalue weighted by molar-refractivity contribution is 8.01. The van der Waals surface area contributed by atoms with Gasteiger partial charge in [0.15, 0.2) is 0 Å². The normalized spacial score (nSPS) is 19.8. The molecule has 84 valence electrons. The predicted octanol–water partition coefficient (Wildman–Crippen LogP) is 2.29. The van der Waals surface area contributed by atoms with E-state index in [-0.39, 0.29) is 11.2 Å². The SMILES string of the molecule is CC(C)C1=NNC(=O)C1Sc1ccccc1. The van der Waals surface area contributed by atoms with Crippen LogP contribution in [0.1, 0.15) is 13.8 Å². The molecule has 1 unspecified atom stereocenters. The molecule has 3 nitrogen and oxygen atoms in total. The van der Waals surface area contributed by atoms with Gasteiger partial charge in [0.2, 0.25) is 0 Å². The number of hydrogen-bond acceptors (Lipinski definition) is 3. The molecule has 4 heteroatoms. The van der Waals surface area contributed by atoms with Crippen LogP contribution in [0.5, 0.6) is 0 Å². The Morgan fingerprint density at radius 1 is 1.31 bits per heavy atom. The lowest BCUT2D eigenvalue weighted by atomic mass is 10.1. The molecular formula is C12H14N2OS. The third-order valence-electron chi connectivity index (χ3n) is 2.39. The van der Waals surface area contributed by atoms with Gasteiger partial charge < -0.3 is 0 Å². The Hall–Kier alpha value is -1.29. The van der Waals surface area contributed by atoms with E-state index in [1.165, 1.54) is 0 Å². The number of nitrogens with zero attached hydrogens (tertiary/aromatic N) is 1. The summed E-state index contributed by atoms with van der Waals surface area (Å²) in [5.41, 5.74) is 3.48. The van der Waals surface area contributed by atoms with Crippen LogP contribution in [0.25, 0.3) is 0 Å². The van der Waals surface area contributed by atoms with Crippen molar-refractivity contribution in [1.82, 2.24) is 5.43 Å². The van der Waals surface area contributed by atoms with Crippen molar-refractivity contribution in [2.45, 2.75) is 24.0 Å². The fourth-order valence-corrected chi connectivity index (χ4v) is 2.74. The van der Waals surface area contributed by atoms with Crippen LogP contribution < -0.4 is 5.43 Å². The highest BCUT2D eigenvalue weighted by Crippen LogP contribution is 2.28. The summed E-state index contributed by atoms with van der Waals surface area (Å²) in [4.78, 5) is 12.7. The number of hydrazone groups is 1. The highest BCUT2D eigenvalue weighted by Gasteiger charge is 2.32. The smallest absolute Gasteiger partial charge is 0.259 e. The fraction of sp³-hybridized carbons (Fsp3) is 0.333. The topological polar surface area (TPSA) is 41.5 Å². The van der Waals surface area contributed by atoms with Gasteiger partial charge in [0.1, 0.15) is 5.25 Å². The van der Waals surface area contributed by atoms with E-state index in [4.69, 9.17) is 0 Å². The third-order valence-corrected chi connectivity index (χ3v) is 3.63. The Morgan fingerprint density at radius 3 is 2.62 bits per heavy atom. The molecule has 0 radical (unpaired) electrons. The average Bonchev–Trinajstić information content (AvgIpc) is 2.62. The first kappa shape index (κ1) is 11.2. The Bertz CT molecular complexity index is 414. The largest absolute Gasteiger partial charge is 0.271 e. The van der Waals surface area contributed by atoms with Crippen LogP contribution in [0, 0.1) is 5.92 Å². The predicted molar refractivity (Wildman–Crippen MR) is 66.5 cm³/mol. The highest BCUT2D eigenvalue weighted by atomic mass is 32.2. The van der Waals surface area contributed by atoms with Gasteiger partial charge in [-0.15, -0.1) is 11.8 Å². The minimum Gasteiger partial charge on any atom is -0.271 e. The van der Waals surface area contributed by atoms with Crippen molar-refractivity contribution in [2.24, 2.45) is 11.0 Å². The van der Waals surface area contributed by atoms with E-state index >= 15 is 0 Å². The Kier molecular flexibility index (Phi) is 3.29. The molecule has 0 aliphatic carbocycles. The first-order chi connectivity index (χ1) is 7.68. The fourth-order valence-electron chi connectivity index (χ4n) is 1.55. The van der Waals surface area contributed by atoms with Crippen LogP contribution >= 0.6 is 11.8 Å². The summed E-state index contributed by atoms with van der Waals surface area (Å²) < 4.78 is 0. The molecule has 0 aromatic heterocycles. The monoisotopic (exact) mass is 234 g/mol. The molecule has 1 aliphatic heterocycles. The second-order valence-electron chi connectivity index (χ2n) is 3.98. The van der Waals surface area contributed by atoms with Crippen molar-refractivity contribution in [3.05, 3.63) is 30.3 Å². The molecule has 1 aromatic rings. The van der Waals surface area contributed by atoms with Crippen molar-refractivity contribution < 1.29 is 4.79 Å². The Morgan fingerprint density at radius 2 is 2.00 bits per heavy atom. The molecule has 0 saturated carbocycles. The molecule has 0 saturated heterocycles. The van der Waals surface area contributed by atoms with Crippen molar-refractivity contribution in [2.75, 3.05) is 0 Å². The van der Waals surface area contributed by atoms with Crippen LogP contribution in [-0.4, -0.2) is 16.9 Å². The van der Waals surface area contributed by atoms with Crippen LogP contribution in [0.15, 0.2) is 40.3 Å². The molecule has 1 heterocycles. The van der Waals surface area contributed by atoms with Gasteiger partial charge in [0.25, 0.3) is 5.91 Å². The van der Waals surface area contributed by atoms with Gasteiger partial charge in [0, 0.05) is 4.90 Å². The number of thioether (sulfide) groups is 1. The van der Waals surface area contributed by atoms with Gasteiger partial charge in [0.05, 0.1) is 5.71 Å². The van der Waals surface area contributed by atoms with Gasteiger partial charge >= 0.3 is 0 Å². The molecule has 1 N–H and O–H groups in total. The maximum Gasteiger partial charge on any atom is 0.259 e. The zero-order chi connectivity index (χ0) is 11.5. The number of benzene rings is 1. The summed E-state index contributed by atoms with van der Waals surface area (Å²) in [6, 6.07) is 9.93. The molecule has 16 heavy (non-hydrogen) atoms. The molecule has 1 aromatic carbocycles. The summed E-state index contributed by atoms with van der Waals surface area (Å²) in [5.74, 6) is 0.276. The van der Waals surface area contributed by atoms with E-state index < -0.39 is 0 Å². The summed E-state index contributed by atoms with van der Waals surface area (Å²) in [7, 11) is 0. The maximum atomic E-state index is 11.6. The van der Waals surface area contributed by atoms with Gasteiger partial charge in [-0.05, 0) is 18.1 Å². The quantitative estimate of drug-likeness (QED) is 0.871. The molecule has 0 bridgehead atoms. The second-order valence-corrected chi connectivity index (χ2v) is 5.16. The van der Waals surface area contributed by atoms with E-state index in [1.54, 1.807) is 11.8 Å². The zero-order valence-corrected chi connectivity index (χ0v) is 10.1. The number of amides is 1. The van der Waals surface area contributed by atoms with Crippen molar-refractivity contribution in [3.8, 4) is 0 Å². The number of hydrogen-bond donors (Lipinski definition) is 1. The van der Waals surface area contributed by atoms with E-state index in [0.717, 1.165) is 10.6 Å². The van der Waals surface area contributed by atoms with Crippen molar-refractivity contribution in [3.63, 3.8) is 0 Å². The molecule has 0 fully saturated rings. The molecule has 1 aliphatic rings. The molecule has 1 amide bonds. The van der Waals surface area contributed by atoms with E-state index in [9.17, 15) is 4.79 Å². The summed E-state index contributed by atoms with van der Waals surface area (Å²) >= 11 is 1.55. The first-order valence-electron chi connectivity index (χ1n) is 5.27. The number of nitrogens with one attached hydrogen (secondary N) is 1. The van der Waals surface area contributed by atoms with Crippen molar-refractivity contribution >= 4 is 23.4 Å². The Labute approximate surface area is 99.3 Å². The lowest BCUT2D eigenvalue weighted by molar-refractivity contribution is -0.118. The summed E-state index contributed by atoms with van der Waals surface area (Å²) in [6.45, 7) is 4.11. The Balaban J connectivity index is 2.15. The van der Waals surface area contributed by atoms with E-state index in [2.05, 4.69) is 24.4 Å². The average molecular weight is 234 g/mol. The number of rotatable bonds is 3. The standard InChI is InChI=1S/C12H14N2OS/c1-8(2)10-11(12(15)14-13-10)16-9-6-4-3-5-7-9/h3-8,11H,1-2H3,(H,14,15). The molecular weight excluding hydrogens is 220 g/mol. The van der Waals surface area contributed by atoms with Crippen LogP contribution in [-0.2, 0) is 4.79 Å². The maximum absolute atomic E-state index is 11.6. The van der Waals surface area contributed by atoms with Gasteiger partial charge in [-0.2, -0.15) is 5.10 Å².